The Labute approximate surface area is 106 Å². The van der Waals surface area contributed by atoms with Crippen LogP contribution in [0.3, 0.4) is 0 Å². The predicted octanol–water partition coefficient (Wildman–Crippen LogP) is -4.11. The molecular formula is C5H11CaNO6. The van der Waals surface area contributed by atoms with E-state index >= 15 is 0 Å². The maximum atomic E-state index is 8.36. The molecule has 0 aromatic heterocycles. The van der Waals surface area contributed by atoms with Gasteiger partial charge in [-0.05, 0) is 14.1 Å². The molecule has 0 aliphatic heterocycles. The van der Waals surface area contributed by atoms with Crippen LogP contribution in [0.4, 0.5) is 0 Å². The van der Waals surface area contributed by atoms with Gasteiger partial charge in [-0.15, -0.1) is 0 Å². The largest absolute Gasteiger partial charge is 2.00 e. The van der Waals surface area contributed by atoms with Gasteiger partial charge in [0.25, 0.3) is 6.47 Å². The predicted molar refractivity (Wildman–Crippen MR) is 41.6 cm³/mol. The average Bonchev–Trinajstić information content (AvgIpc) is 1.92. The Bertz CT molecular complexity index is 67.2. The molecule has 13 heavy (non-hydrogen) atoms. The smallest absolute Gasteiger partial charge is 0.554 e. The molecule has 0 spiro atoms. The number of carbonyl (C=O) groups excluding carboxylic acids is 2. The van der Waals surface area contributed by atoms with E-state index in [0.717, 1.165) is 0 Å². The van der Waals surface area contributed by atoms with Gasteiger partial charge in [0, 0.05) is 12.9 Å². The summed E-state index contributed by atoms with van der Waals surface area (Å²) in [5.74, 6) is 0. The van der Waals surface area contributed by atoms with Crippen molar-refractivity contribution < 1.29 is 29.7 Å². The van der Waals surface area contributed by atoms with E-state index < -0.39 is 12.9 Å². The SMILES string of the molecule is CNC.O=CO.O=C[O-].O=C[O-].[Ca+2]. The van der Waals surface area contributed by atoms with Gasteiger partial charge in [0.2, 0.25) is 0 Å². The van der Waals surface area contributed by atoms with Gasteiger partial charge in [-0.25, -0.2) is 0 Å². The van der Waals surface area contributed by atoms with Crippen LogP contribution in [0.15, 0.2) is 0 Å². The van der Waals surface area contributed by atoms with E-state index in [1.807, 2.05) is 14.1 Å². The molecule has 0 aliphatic carbocycles. The van der Waals surface area contributed by atoms with E-state index in [1.54, 1.807) is 0 Å². The van der Waals surface area contributed by atoms with Gasteiger partial charge in [0.15, 0.2) is 0 Å². The monoisotopic (exact) mass is 221 g/mol. The van der Waals surface area contributed by atoms with Crippen molar-refractivity contribution in [3.8, 4) is 0 Å². The summed E-state index contributed by atoms with van der Waals surface area (Å²) in [5.41, 5.74) is 0. The fourth-order valence-electron chi connectivity index (χ4n) is 0. The zero-order valence-electron chi connectivity index (χ0n) is 7.43. The summed E-state index contributed by atoms with van der Waals surface area (Å²) >= 11 is 0. The van der Waals surface area contributed by atoms with E-state index in [2.05, 4.69) is 5.32 Å². The zero-order chi connectivity index (χ0) is 10.8. The summed E-state index contributed by atoms with van der Waals surface area (Å²) in [6, 6.07) is 0. The van der Waals surface area contributed by atoms with E-state index in [4.69, 9.17) is 29.7 Å². The van der Waals surface area contributed by atoms with E-state index in [1.165, 1.54) is 0 Å². The Morgan fingerprint density at radius 1 is 1.08 bits per heavy atom. The Morgan fingerprint density at radius 3 is 1.08 bits per heavy atom. The Morgan fingerprint density at radius 2 is 1.08 bits per heavy atom. The molecule has 0 saturated carbocycles. The second-order valence-corrected chi connectivity index (χ2v) is 0.798. The molecule has 0 amide bonds. The summed E-state index contributed by atoms with van der Waals surface area (Å²) in [5, 5.41) is 26.1. The van der Waals surface area contributed by atoms with Crippen LogP contribution in [-0.4, -0.2) is 76.4 Å². The number of hydrogen-bond acceptors (Lipinski definition) is 6. The summed E-state index contributed by atoms with van der Waals surface area (Å²) in [4.78, 5) is 24.9. The zero-order valence-corrected chi connectivity index (χ0v) is 9.64. The van der Waals surface area contributed by atoms with Gasteiger partial charge in [0.05, 0.1) is 0 Å². The number of hydrogen-bond donors (Lipinski definition) is 2. The average molecular weight is 221 g/mol. The van der Waals surface area contributed by atoms with Gasteiger partial charge in [-0.2, -0.15) is 0 Å². The Kier molecular flexibility index (Phi) is 225. The van der Waals surface area contributed by atoms with Crippen molar-refractivity contribution in [2.24, 2.45) is 0 Å². The maximum Gasteiger partial charge on any atom is 2.00 e. The topological polar surface area (TPSA) is 130 Å². The van der Waals surface area contributed by atoms with Crippen LogP contribution in [0, 0.1) is 0 Å². The molecule has 0 saturated heterocycles. The third kappa shape index (κ3) is 7870. The van der Waals surface area contributed by atoms with Gasteiger partial charge in [0.1, 0.15) is 0 Å². The molecule has 0 heterocycles. The summed E-state index contributed by atoms with van der Waals surface area (Å²) in [7, 11) is 3.75. The van der Waals surface area contributed by atoms with Gasteiger partial charge >= 0.3 is 37.7 Å². The fraction of sp³-hybridized carbons (Fsp3) is 0.400. The van der Waals surface area contributed by atoms with Crippen molar-refractivity contribution in [2.75, 3.05) is 14.1 Å². The molecule has 0 unspecified atom stereocenters. The molecule has 0 rings (SSSR count). The second-order valence-electron chi connectivity index (χ2n) is 0.798. The van der Waals surface area contributed by atoms with Crippen LogP contribution < -0.4 is 15.5 Å². The van der Waals surface area contributed by atoms with Crippen molar-refractivity contribution in [1.82, 2.24) is 5.32 Å². The van der Waals surface area contributed by atoms with Crippen LogP contribution >= 0.6 is 0 Å². The third-order valence-electron chi connectivity index (χ3n) is 0. The first kappa shape index (κ1) is 29.3. The van der Waals surface area contributed by atoms with Crippen LogP contribution in [0.5, 0.6) is 0 Å². The Balaban J connectivity index is -0.0000000213. The third-order valence-corrected chi connectivity index (χ3v) is 0. The summed E-state index contributed by atoms with van der Waals surface area (Å²) in [6.45, 7) is -1.25. The van der Waals surface area contributed by atoms with Crippen molar-refractivity contribution in [1.29, 1.82) is 0 Å². The van der Waals surface area contributed by atoms with Crippen molar-refractivity contribution in [3.05, 3.63) is 0 Å². The van der Waals surface area contributed by atoms with E-state index in [-0.39, 0.29) is 44.2 Å². The molecule has 0 fully saturated rings. The van der Waals surface area contributed by atoms with Crippen LogP contribution in [0.2, 0.25) is 0 Å². The molecule has 0 atom stereocenters. The number of rotatable bonds is 0. The normalized spacial score (nSPS) is 4.15. The standard InChI is InChI=1S/C2H7N.3CH2O2.Ca/c1-3-2;3*2-1-3;/h3H,1-2H3;3*1H,(H,2,3);/q;;;;+2/p-2. The summed E-state index contributed by atoms with van der Waals surface area (Å²) < 4.78 is 0. The minimum Gasteiger partial charge on any atom is -0.554 e. The molecule has 2 N–H and O–H groups in total. The molecule has 0 aromatic carbocycles. The van der Waals surface area contributed by atoms with Crippen LogP contribution in [0.1, 0.15) is 0 Å². The first-order valence-corrected chi connectivity index (χ1v) is 2.44. The molecule has 7 nitrogen and oxygen atoms in total. The fourth-order valence-corrected chi connectivity index (χ4v) is 0. The van der Waals surface area contributed by atoms with Crippen LogP contribution in [0.25, 0.3) is 0 Å². The summed E-state index contributed by atoms with van der Waals surface area (Å²) in [6.07, 6.45) is 0. The first-order valence-electron chi connectivity index (χ1n) is 2.44. The number of carbonyl (C=O) groups is 3. The molecule has 74 valence electrons. The van der Waals surface area contributed by atoms with Crippen molar-refractivity contribution in [2.45, 2.75) is 0 Å². The molecule has 0 radical (unpaired) electrons. The number of carboxylic acid groups (broad SMARTS) is 3. The van der Waals surface area contributed by atoms with Gasteiger partial charge < -0.3 is 30.2 Å². The minimum absolute atomic E-state index is 0. The quantitative estimate of drug-likeness (QED) is 0.314. The van der Waals surface area contributed by atoms with Gasteiger partial charge in [-0.3, -0.25) is 4.79 Å². The Hall–Kier alpha value is -0.370. The molecule has 0 aromatic rings. The minimum atomic E-state index is -0.500. The van der Waals surface area contributed by atoms with Crippen molar-refractivity contribution in [3.63, 3.8) is 0 Å². The second kappa shape index (κ2) is 99.7. The van der Waals surface area contributed by atoms with Crippen LogP contribution in [-0.2, 0) is 14.4 Å². The van der Waals surface area contributed by atoms with Crippen molar-refractivity contribution >= 4 is 57.2 Å². The molecule has 0 bridgehead atoms. The van der Waals surface area contributed by atoms with E-state index in [9.17, 15) is 0 Å². The molecule has 0 aliphatic rings. The van der Waals surface area contributed by atoms with E-state index in [0.29, 0.717) is 0 Å². The maximum absolute atomic E-state index is 8.36. The number of nitrogens with one attached hydrogen (secondary N) is 1. The first-order chi connectivity index (χ1) is 5.66. The molecular weight excluding hydrogens is 210 g/mol. The van der Waals surface area contributed by atoms with Gasteiger partial charge in [-0.1, -0.05) is 0 Å². The molecule has 8 heteroatoms.